The van der Waals surface area contributed by atoms with E-state index >= 15 is 0 Å². The average molecular weight is 345 g/mol. The monoisotopic (exact) mass is 345 g/mol. The smallest absolute Gasteiger partial charge is 0.289 e. The van der Waals surface area contributed by atoms with Crippen LogP contribution >= 0.6 is 11.3 Å². The molecule has 0 amide bonds. The molecule has 1 N–H and O–H groups in total. The second-order valence-electron chi connectivity index (χ2n) is 5.03. The van der Waals surface area contributed by atoms with Gasteiger partial charge in [-0.15, -0.1) is 11.3 Å². The Morgan fingerprint density at radius 2 is 2.08 bits per heavy atom. The molecule has 24 heavy (non-hydrogen) atoms. The lowest BCUT2D eigenvalue weighted by atomic mass is 10.3. The van der Waals surface area contributed by atoms with Crippen molar-refractivity contribution in [3.8, 4) is 28.8 Å². The van der Waals surface area contributed by atoms with E-state index in [1.807, 2.05) is 13.8 Å². The lowest BCUT2D eigenvalue weighted by Crippen LogP contribution is -2.34. The summed E-state index contributed by atoms with van der Waals surface area (Å²) in [6.45, 7) is 3.74. The first-order chi connectivity index (χ1) is 11.6. The van der Waals surface area contributed by atoms with E-state index < -0.39 is 5.95 Å². The molecule has 8 nitrogen and oxygen atoms in total. The highest BCUT2D eigenvalue weighted by atomic mass is 32.1. The maximum atomic E-state index is 12.1. The molecular weight excluding hydrogens is 330 g/mol. The standard InChI is InChI=1S/C15H15N5O3S/c1-9(2)17-18-15-16-12(8-24-15)13-14(21)23-19-20(13)10-4-6-11(22-3)7-5-10/h4-8H,1-3H3,(H-,16,18,19,21). The van der Waals surface area contributed by atoms with Crippen molar-refractivity contribution in [2.24, 2.45) is 5.10 Å². The van der Waals surface area contributed by atoms with Crippen LogP contribution in [0.15, 0.2) is 39.3 Å². The van der Waals surface area contributed by atoms with Gasteiger partial charge in [0.05, 0.1) is 12.4 Å². The van der Waals surface area contributed by atoms with E-state index in [1.165, 1.54) is 16.0 Å². The van der Waals surface area contributed by atoms with Crippen LogP contribution in [0.4, 0.5) is 5.13 Å². The van der Waals surface area contributed by atoms with Crippen LogP contribution in [-0.4, -0.2) is 23.1 Å². The summed E-state index contributed by atoms with van der Waals surface area (Å²) in [5, 5.41) is 22.3. The largest absolute Gasteiger partial charge is 0.539 e. The molecular formula is C15H15N5O3S. The molecule has 0 fully saturated rings. The van der Waals surface area contributed by atoms with E-state index in [2.05, 4.69) is 20.8 Å². The summed E-state index contributed by atoms with van der Waals surface area (Å²) in [5.74, 6) is 0.150. The SMILES string of the molecule is COc1ccc(-[n+]2noc([O-])c2-c2csc(NN=C(C)C)n2)cc1. The van der Waals surface area contributed by atoms with E-state index in [0.717, 1.165) is 5.71 Å². The topological polar surface area (TPSA) is 99.5 Å². The lowest BCUT2D eigenvalue weighted by molar-refractivity contribution is -0.660. The highest BCUT2D eigenvalue weighted by Gasteiger charge is 2.24. The van der Waals surface area contributed by atoms with Gasteiger partial charge in [-0.3, -0.25) is 5.43 Å². The van der Waals surface area contributed by atoms with Crippen molar-refractivity contribution >= 4 is 22.2 Å². The Balaban J connectivity index is 1.96. The molecule has 0 aliphatic heterocycles. The molecule has 0 spiro atoms. The number of ether oxygens (including phenoxy) is 1. The van der Waals surface area contributed by atoms with Crippen molar-refractivity contribution in [2.75, 3.05) is 12.5 Å². The highest BCUT2D eigenvalue weighted by Crippen LogP contribution is 2.28. The van der Waals surface area contributed by atoms with Crippen LogP contribution in [0.3, 0.4) is 0 Å². The van der Waals surface area contributed by atoms with E-state index in [9.17, 15) is 5.11 Å². The van der Waals surface area contributed by atoms with Gasteiger partial charge in [-0.05, 0) is 30.7 Å². The molecule has 0 bridgehead atoms. The summed E-state index contributed by atoms with van der Waals surface area (Å²) in [6, 6.07) is 7.11. The number of anilines is 1. The van der Waals surface area contributed by atoms with Gasteiger partial charge in [-0.25, -0.2) is 4.98 Å². The predicted octanol–water partition coefficient (Wildman–Crippen LogP) is 1.96. The third kappa shape index (κ3) is 3.20. The number of hydrazone groups is 1. The van der Waals surface area contributed by atoms with Crippen molar-refractivity contribution in [2.45, 2.75) is 13.8 Å². The van der Waals surface area contributed by atoms with Crippen LogP contribution in [0.25, 0.3) is 17.1 Å². The van der Waals surface area contributed by atoms with Gasteiger partial charge in [0.25, 0.3) is 5.69 Å². The number of thiazole rings is 1. The second kappa shape index (κ2) is 6.67. The molecule has 0 aliphatic rings. The predicted molar refractivity (Wildman–Crippen MR) is 87.5 cm³/mol. The molecule has 3 aromatic rings. The molecule has 2 heterocycles. The van der Waals surface area contributed by atoms with Crippen molar-refractivity contribution in [1.29, 1.82) is 0 Å². The normalized spacial score (nSPS) is 10.5. The molecule has 0 aliphatic carbocycles. The summed E-state index contributed by atoms with van der Waals surface area (Å²) in [5.41, 5.74) is 5.09. The average Bonchev–Trinajstić information content (AvgIpc) is 3.19. The molecule has 0 atom stereocenters. The molecule has 124 valence electrons. The lowest BCUT2D eigenvalue weighted by Gasteiger charge is -1.98. The number of rotatable bonds is 5. The summed E-state index contributed by atoms with van der Waals surface area (Å²) in [4.78, 5) is 4.36. The fourth-order valence-corrected chi connectivity index (χ4v) is 2.59. The van der Waals surface area contributed by atoms with Crippen molar-refractivity contribution in [3.05, 3.63) is 29.6 Å². The number of aromatic nitrogens is 3. The van der Waals surface area contributed by atoms with Crippen molar-refractivity contribution < 1.29 is 19.0 Å². The molecule has 0 unspecified atom stereocenters. The Kier molecular flexibility index (Phi) is 4.43. The number of nitrogens with one attached hydrogen (secondary N) is 1. The summed E-state index contributed by atoms with van der Waals surface area (Å²) < 4.78 is 11.4. The number of methoxy groups -OCH3 is 1. The zero-order valence-corrected chi connectivity index (χ0v) is 14.1. The fourth-order valence-electron chi connectivity index (χ4n) is 1.95. The van der Waals surface area contributed by atoms with Crippen molar-refractivity contribution in [1.82, 2.24) is 10.3 Å². The Morgan fingerprint density at radius 1 is 1.33 bits per heavy atom. The maximum Gasteiger partial charge on any atom is 0.289 e. The quantitative estimate of drug-likeness (QED) is 0.431. The number of hydrogen-bond donors (Lipinski definition) is 1. The maximum absolute atomic E-state index is 12.1. The van der Waals surface area contributed by atoms with E-state index in [0.29, 0.717) is 22.3 Å². The molecule has 2 aromatic heterocycles. The van der Waals surface area contributed by atoms with Gasteiger partial charge in [0, 0.05) is 23.2 Å². The van der Waals surface area contributed by atoms with Gasteiger partial charge >= 0.3 is 0 Å². The molecule has 0 saturated heterocycles. The first-order valence-electron chi connectivity index (χ1n) is 7.04. The number of hydrogen-bond acceptors (Lipinski definition) is 8. The van der Waals surface area contributed by atoms with Crippen LogP contribution in [0.1, 0.15) is 13.8 Å². The molecule has 3 rings (SSSR count). The van der Waals surface area contributed by atoms with E-state index in [1.54, 1.807) is 36.8 Å². The van der Waals surface area contributed by atoms with Crippen LogP contribution < -0.4 is 20.0 Å². The van der Waals surface area contributed by atoms with Gasteiger partial charge < -0.3 is 14.4 Å². The minimum Gasteiger partial charge on any atom is -0.539 e. The van der Waals surface area contributed by atoms with Crippen LogP contribution in [-0.2, 0) is 0 Å². The zero-order valence-electron chi connectivity index (χ0n) is 13.3. The Hall–Kier alpha value is -2.94. The highest BCUT2D eigenvalue weighted by molar-refractivity contribution is 7.14. The van der Waals surface area contributed by atoms with Gasteiger partial charge in [-0.1, -0.05) is 0 Å². The zero-order chi connectivity index (χ0) is 17.1. The number of nitrogens with zero attached hydrogens (tertiary/aromatic N) is 4. The van der Waals surface area contributed by atoms with Gasteiger partial charge in [0.15, 0.2) is 11.6 Å². The Labute approximate surface area is 142 Å². The molecule has 9 heteroatoms. The third-order valence-corrected chi connectivity index (χ3v) is 3.80. The number of benzene rings is 1. The fraction of sp³-hybridized carbons (Fsp3) is 0.200. The van der Waals surface area contributed by atoms with Crippen LogP contribution in [0.5, 0.6) is 11.7 Å². The Bertz CT molecular complexity index is 866. The third-order valence-electron chi connectivity index (χ3n) is 3.05. The molecule has 0 radical (unpaired) electrons. The van der Waals surface area contributed by atoms with Gasteiger partial charge in [0.2, 0.25) is 10.8 Å². The Morgan fingerprint density at radius 3 is 2.75 bits per heavy atom. The first-order valence-corrected chi connectivity index (χ1v) is 7.92. The van der Waals surface area contributed by atoms with Crippen LogP contribution in [0, 0.1) is 0 Å². The minimum absolute atomic E-state index is 0.252. The van der Waals surface area contributed by atoms with Crippen molar-refractivity contribution in [3.63, 3.8) is 0 Å². The van der Waals surface area contributed by atoms with Gasteiger partial charge in [0.1, 0.15) is 5.75 Å². The summed E-state index contributed by atoms with van der Waals surface area (Å²) in [6.07, 6.45) is 0. The second-order valence-corrected chi connectivity index (χ2v) is 5.89. The summed E-state index contributed by atoms with van der Waals surface area (Å²) >= 11 is 1.34. The van der Waals surface area contributed by atoms with Gasteiger partial charge in [-0.2, -0.15) is 5.10 Å². The minimum atomic E-state index is -0.558. The van der Waals surface area contributed by atoms with E-state index in [-0.39, 0.29) is 5.69 Å². The van der Waals surface area contributed by atoms with Crippen LogP contribution in [0.2, 0.25) is 0 Å². The molecule has 0 saturated carbocycles. The molecule has 1 aromatic carbocycles. The van der Waals surface area contributed by atoms with E-state index in [4.69, 9.17) is 9.26 Å². The summed E-state index contributed by atoms with van der Waals surface area (Å²) in [7, 11) is 1.59. The first kappa shape index (κ1) is 15.9.